The minimum Gasteiger partial charge on any atom is -0.478 e. The zero-order valence-corrected chi connectivity index (χ0v) is 15.2. The molecule has 0 aliphatic heterocycles. The van der Waals surface area contributed by atoms with E-state index in [1.54, 1.807) is 13.0 Å². The van der Waals surface area contributed by atoms with Gasteiger partial charge in [0.25, 0.3) is 5.91 Å². The highest BCUT2D eigenvalue weighted by Crippen LogP contribution is 2.20. The molecule has 1 aromatic carbocycles. The van der Waals surface area contributed by atoms with E-state index in [1.165, 1.54) is 37.1 Å². The summed E-state index contributed by atoms with van der Waals surface area (Å²) in [5.41, 5.74) is 0.962. The van der Waals surface area contributed by atoms with Gasteiger partial charge in [-0.1, -0.05) is 6.07 Å². The van der Waals surface area contributed by atoms with Crippen LogP contribution in [0.5, 0.6) is 0 Å². The number of rotatable bonds is 5. The van der Waals surface area contributed by atoms with E-state index in [-0.39, 0.29) is 34.2 Å². The Morgan fingerprint density at radius 1 is 1.16 bits per heavy atom. The smallest absolute Gasteiger partial charge is 0.339 e. The maximum absolute atomic E-state index is 12.6. The van der Waals surface area contributed by atoms with Crippen LogP contribution in [0.2, 0.25) is 0 Å². The predicted octanol–water partition coefficient (Wildman–Crippen LogP) is 2.27. The molecule has 1 heterocycles. The van der Waals surface area contributed by atoms with Crippen molar-refractivity contribution in [3.63, 3.8) is 0 Å². The molecule has 0 unspecified atom stereocenters. The Hall–Kier alpha value is -2.61. The van der Waals surface area contributed by atoms with Crippen LogP contribution in [0.3, 0.4) is 0 Å². The van der Waals surface area contributed by atoms with Gasteiger partial charge in [-0.05, 0) is 37.6 Å². The number of amides is 1. The number of aryl methyl sites for hydroxylation is 2. The Morgan fingerprint density at radius 2 is 1.80 bits per heavy atom. The Balaban J connectivity index is 2.28. The molecule has 134 valence electrons. The highest BCUT2D eigenvalue weighted by Gasteiger charge is 2.20. The van der Waals surface area contributed by atoms with Crippen molar-refractivity contribution in [2.75, 3.05) is 13.3 Å². The first kappa shape index (κ1) is 18.7. The van der Waals surface area contributed by atoms with Gasteiger partial charge in [-0.2, -0.15) is 0 Å². The van der Waals surface area contributed by atoms with Crippen molar-refractivity contribution in [1.29, 1.82) is 0 Å². The summed E-state index contributed by atoms with van der Waals surface area (Å²) in [7, 11) is -1.89. The quantitative estimate of drug-likeness (QED) is 0.871. The van der Waals surface area contributed by atoms with Crippen LogP contribution in [-0.2, 0) is 16.4 Å². The second-order valence-corrected chi connectivity index (χ2v) is 7.91. The third kappa shape index (κ3) is 4.08. The van der Waals surface area contributed by atoms with Crippen LogP contribution in [0.15, 0.2) is 33.6 Å². The van der Waals surface area contributed by atoms with E-state index in [0.29, 0.717) is 11.3 Å². The van der Waals surface area contributed by atoms with Gasteiger partial charge in [0.05, 0.1) is 11.4 Å². The monoisotopic (exact) mass is 365 g/mol. The molecule has 1 aromatic heterocycles. The molecule has 0 fully saturated rings. The van der Waals surface area contributed by atoms with Crippen LogP contribution in [-0.4, -0.2) is 43.6 Å². The molecule has 1 amide bonds. The fourth-order valence-corrected chi connectivity index (χ4v) is 3.05. The predicted molar refractivity (Wildman–Crippen MR) is 90.5 cm³/mol. The normalized spacial score (nSPS) is 11.4. The summed E-state index contributed by atoms with van der Waals surface area (Å²) in [5.74, 6) is -0.881. The highest BCUT2D eigenvalue weighted by atomic mass is 32.2. The maximum Gasteiger partial charge on any atom is 0.339 e. The van der Waals surface area contributed by atoms with E-state index < -0.39 is 15.8 Å². The number of furan rings is 1. The van der Waals surface area contributed by atoms with Gasteiger partial charge in [-0.15, -0.1) is 0 Å². The van der Waals surface area contributed by atoms with Crippen LogP contribution in [0, 0.1) is 13.8 Å². The molecule has 8 heteroatoms. The van der Waals surface area contributed by atoms with E-state index in [2.05, 4.69) is 0 Å². The van der Waals surface area contributed by atoms with Crippen molar-refractivity contribution < 1.29 is 27.5 Å². The van der Waals surface area contributed by atoms with Crippen molar-refractivity contribution in [2.24, 2.45) is 0 Å². The first-order valence-electron chi connectivity index (χ1n) is 7.39. The number of hydrogen-bond donors (Lipinski definition) is 1. The second-order valence-electron chi connectivity index (χ2n) is 5.90. The van der Waals surface area contributed by atoms with Crippen molar-refractivity contribution in [2.45, 2.75) is 25.3 Å². The number of carbonyl (C=O) groups is 2. The zero-order chi connectivity index (χ0) is 18.9. The number of carbonyl (C=O) groups excluding carboxylic acids is 1. The standard InChI is InChI=1S/C17H19NO6S/c1-10-5-6-13(25(4,22)23)8-14(10)16(19)18(3)9-12-7-15(17(20)21)11(2)24-12/h5-8H,9H2,1-4H3,(H,20,21). The average Bonchev–Trinajstić information content (AvgIpc) is 2.86. The van der Waals surface area contributed by atoms with Crippen molar-refractivity contribution in [3.05, 3.63) is 52.5 Å². The van der Waals surface area contributed by atoms with Gasteiger partial charge in [0.15, 0.2) is 9.84 Å². The third-order valence-corrected chi connectivity index (χ3v) is 4.92. The lowest BCUT2D eigenvalue weighted by atomic mass is 10.1. The Labute approximate surface area is 145 Å². The Kier molecular flexibility index (Phi) is 5.03. The number of sulfone groups is 1. The molecule has 0 saturated heterocycles. The summed E-state index contributed by atoms with van der Waals surface area (Å²) in [5, 5.41) is 9.05. The largest absolute Gasteiger partial charge is 0.478 e. The molecule has 0 spiro atoms. The minimum atomic E-state index is -3.43. The van der Waals surface area contributed by atoms with Crippen molar-refractivity contribution in [1.82, 2.24) is 4.90 Å². The summed E-state index contributed by atoms with van der Waals surface area (Å²) >= 11 is 0. The average molecular weight is 365 g/mol. The maximum atomic E-state index is 12.6. The molecule has 7 nitrogen and oxygen atoms in total. The van der Waals surface area contributed by atoms with E-state index in [0.717, 1.165) is 6.26 Å². The summed E-state index contributed by atoms with van der Waals surface area (Å²) in [6.07, 6.45) is 1.08. The van der Waals surface area contributed by atoms with Crippen LogP contribution >= 0.6 is 0 Å². The lowest BCUT2D eigenvalue weighted by molar-refractivity contribution is 0.0694. The number of benzene rings is 1. The summed E-state index contributed by atoms with van der Waals surface area (Å²) in [6.45, 7) is 3.32. The molecule has 2 rings (SSSR count). The molecule has 0 aliphatic carbocycles. The zero-order valence-electron chi connectivity index (χ0n) is 14.4. The van der Waals surface area contributed by atoms with Crippen LogP contribution in [0.25, 0.3) is 0 Å². The summed E-state index contributed by atoms with van der Waals surface area (Å²) in [6, 6.07) is 5.76. The van der Waals surface area contributed by atoms with Gasteiger partial charge in [0, 0.05) is 18.9 Å². The number of nitrogens with zero attached hydrogens (tertiary/aromatic N) is 1. The van der Waals surface area contributed by atoms with Crippen LogP contribution < -0.4 is 0 Å². The number of carboxylic acids is 1. The molecule has 0 aliphatic rings. The molecule has 0 radical (unpaired) electrons. The van der Waals surface area contributed by atoms with E-state index >= 15 is 0 Å². The Bertz CT molecular complexity index is 942. The fourth-order valence-electron chi connectivity index (χ4n) is 2.41. The number of aromatic carboxylic acids is 1. The first-order chi connectivity index (χ1) is 11.5. The molecule has 2 aromatic rings. The van der Waals surface area contributed by atoms with Gasteiger partial charge in [0.1, 0.15) is 17.1 Å². The van der Waals surface area contributed by atoms with Gasteiger partial charge in [-0.25, -0.2) is 13.2 Å². The minimum absolute atomic E-state index is 0.0473. The third-order valence-electron chi connectivity index (χ3n) is 3.81. The van der Waals surface area contributed by atoms with Gasteiger partial charge >= 0.3 is 5.97 Å². The molecule has 1 N–H and O–H groups in total. The first-order valence-corrected chi connectivity index (χ1v) is 9.28. The number of carboxylic acid groups (broad SMARTS) is 1. The highest BCUT2D eigenvalue weighted by molar-refractivity contribution is 7.90. The topological polar surface area (TPSA) is 105 Å². The molecule has 0 saturated carbocycles. The van der Waals surface area contributed by atoms with Crippen LogP contribution in [0.4, 0.5) is 0 Å². The van der Waals surface area contributed by atoms with Crippen molar-refractivity contribution >= 4 is 21.7 Å². The molecular formula is C17H19NO6S. The number of hydrogen-bond acceptors (Lipinski definition) is 5. The lowest BCUT2D eigenvalue weighted by Crippen LogP contribution is -2.27. The molecular weight excluding hydrogens is 346 g/mol. The lowest BCUT2D eigenvalue weighted by Gasteiger charge is -2.17. The molecule has 0 bridgehead atoms. The Morgan fingerprint density at radius 3 is 2.32 bits per heavy atom. The van der Waals surface area contributed by atoms with Crippen molar-refractivity contribution in [3.8, 4) is 0 Å². The van der Waals surface area contributed by atoms with E-state index in [1.807, 2.05) is 0 Å². The summed E-state index contributed by atoms with van der Waals surface area (Å²) < 4.78 is 28.7. The van der Waals surface area contributed by atoms with Gasteiger partial charge in [0.2, 0.25) is 0 Å². The molecule has 25 heavy (non-hydrogen) atoms. The van der Waals surface area contributed by atoms with Crippen LogP contribution in [0.1, 0.15) is 37.8 Å². The van der Waals surface area contributed by atoms with Gasteiger partial charge < -0.3 is 14.4 Å². The second kappa shape index (κ2) is 6.72. The molecule has 0 atom stereocenters. The van der Waals surface area contributed by atoms with E-state index in [9.17, 15) is 18.0 Å². The fraction of sp³-hybridized carbons (Fsp3) is 0.294. The van der Waals surface area contributed by atoms with E-state index in [4.69, 9.17) is 9.52 Å². The van der Waals surface area contributed by atoms with Gasteiger partial charge in [-0.3, -0.25) is 4.79 Å². The SMILES string of the molecule is Cc1ccc(S(C)(=O)=O)cc1C(=O)N(C)Cc1cc(C(=O)O)c(C)o1. The summed E-state index contributed by atoms with van der Waals surface area (Å²) in [4.78, 5) is 25.1.